The zero-order valence-corrected chi connectivity index (χ0v) is 14.4. The fourth-order valence-corrected chi connectivity index (χ4v) is 3.51. The molecule has 1 aromatic rings. The summed E-state index contributed by atoms with van der Waals surface area (Å²) in [6.07, 6.45) is 1.15. The van der Waals surface area contributed by atoms with Crippen molar-refractivity contribution in [3.05, 3.63) is 35.9 Å². The van der Waals surface area contributed by atoms with E-state index in [1.165, 1.54) is 0 Å². The molecule has 0 aliphatic heterocycles. The Morgan fingerprint density at radius 2 is 1.91 bits per heavy atom. The number of ether oxygens (including phenoxy) is 2. The molecule has 4 nitrogen and oxygen atoms in total. The van der Waals surface area contributed by atoms with Crippen LogP contribution in [0.1, 0.15) is 50.9 Å². The van der Waals surface area contributed by atoms with Gasteiger partial charge in [-0.15, -0.1) is 0 Å². The number of hydrogen-bond donors (Lipinski definition) is 0. The van der Waals surface area contributed by atoms with Gasteiger partial charge in [-0.1, -0.05) is 32.0 Å². The molecule has 23 heavy (non-hydrogen) atoms. The zero-order chi connectivity index (χ0) is 17.0. The van der Waals surface area contributed by atoms with Crippen LogP contribution in [0.5, 0.6) is 0 Å². The van der Waals surface area contributed by atoms with Crippen molar-refractivity contribution in [3.8, 4) is 0 Å². The van der Waals surface area contributed by atoms with E-state index in [0.717, 1.165) is 6.42 Å². The van der Waals surface area contributed by atoms with Crippen LogP contribution in [0.15, 0.2) is 30.3 Å². The quantitative estimate of drug-likeness (QED) is 0.748. The van der Waals surface area contributed by atoms with Crippen molar-refractivity contribution in [1.82, 2.24) is 0 Å². The molecule has 1 fully saturated rings. The van der Waals surface area contributed by atoms with Crippen LogP contribution in [0.3, 0.4) is 0 Å². The lowest BCUT2D eigenvalue weighted by Gasteiger charge is -2.54. The van der Waals surface area contributed by atoms with Crippen molar-refractivity contribution in [2.75, 3.05) is 6.61 Å². The van der Waals surface area contributed by atoms with Crippen molar-refractivity contribution in [2.24, 2.45) is 17.3 Å². The molecule has 0 amide bonds. The molecular weight excluding hydrogens is 292 g/mol. The Morgan fingerprint density at radius 3 is 2.48 bits per heavy atom. The monoisotopic (exact) mass is 318 g/mol. The fraction of sp³-hybridized carbons (Fsp3) is 0.579. The molecule has 1 saturated carbocycles. The Kier molecular flexibility index (Phi) is 5.45. The largest absolute Gasteiger partial charge is 0.466 e. The van der Waals surface area contributed by atoms with Gasteiger partial charge in [-0.05, 0) is 43.7 Å². The van der Waals surface area contributed by atoms with Crippen LogP contribution >= 0.6 is 0 Å². The predicted molar refractivity (Wildman–Crippen MR) is 87.9 cm³/mol. The molecular formula is C19H26O4. The van der Waals surface area contributed by atoms with Gasteiger partial charge in [-0.2, -0.15) is 0 Å². The zero-order valence-electron chi connectivity index (χ0n) is 14.4. The SMILES string of the molecule is CCOC(=O)C[C@@H]1C[C@H]([C@H](C)OC(=O)c2ccccc2)C1(C)C. The highest BCUT2D eigenvalue weighted by molar-refractivity contribution is 5.89. The highest BCUT2D eigenvalue weighted by atomic mass is 16.5. The second-order valence-corrected chi connectivity index (χ2v) is 6.85. The van der Waals surface area contributed by atoms with Crippen LogP contribution in [0.2, 0.25) is 0 Å². The molecule has 0 spiro atoms. The molecule has 0 heterocycles. The summed E-state index contributed by atoms with van der Waals surface area (Å²) in [5.41, 5.74) is 0.530. The smallest absolute Gasteiger partial charge is 0.338 e. The minimum Gasteiger partial charge on any atom is -0.466 e. The van der Waals surface area contributed by atoms with Crippen LogP contribution in [-0.4, -0.2) is 24.6 Å². The molecule has 3 atom stereocenters. The molecule has 126 valence electrons. The molecule has 0 bridgehead atoms. The van der Waals surface area contributed by atoms with Crippen molar-refractivity contribution in [1.29, 1.82) is 0 Å². The maximum absolute atomic E-state index is 12.2. The molecule has 0 radical (unpaired) electrons. The van der Waals surface area contributed by atoms with E-state index in [0.29, 0.717) is 18.6 Å². The minimum atomic E-state index is -0.289. The van der Waals surface area contributed by atoms with Gasteiger partial charge in [-0.3, -0.25) is 4.79 Å². The van der Waals surface area contributed by atoms with E-state index >= 15 is 0 Å². The lowest BCUT2D eigenvalue weighted by atomic mass is 9.52. The van der Waals surface area contributed by atoms with E-state index in [1.807, 2.05) is 32.0 Å². The van der Waals surface area contributed by atoms with Crippen LogP contribution in [0.25, 0.3) is 0 Å². The van der Waals surface area contributed by atoms with Gasteiger partial charge in [0, 0.05) is 12.3 Å². The summed E-state index contributed by atoms with van der Waals surface area (Å²) in [6, 6.07) is 9.03. The van der Waals surface area contributed by atoms with Gasteiger partial charge in [0.05, 0.1) is 12.2 Å². The Labute approximate surface area is 138 Å². The van der Waals surface area contributed by atoms with E-state index in [4.69, 9.17) is 9.47 Å². The lowest BCUT2D eigenvalue weighted by molar-refractivity contribution is -0.153. The number of hydrogen-bond acceptors (Lipinski definition) is 4. The average Bonchev–Trinajstić information content (AvgIpc) is 2.52. The lowest BCUT2D eigenvalue weighted by Crippen LogP contribution is -2.51. The topological polar surface area (TPSA) is 52.6 Å². The van der Waals surface area contributed by atoms with Gasteiger partial charge in [0.15, 0.2) is 0 Å². The Morgan fingerprint density at radius 1 is 1.26 bits per heavy atom. The highest BCUT2D eigenvalue weighted by Gasteiger charge is 2.51. The van der Waals surface area contributed by atoms with Gasteiger partial charge >= 0.3 is 11.9 Å². The number of carbonyl (C=O) groups excluding carboxylic acids is 2. The van der Waals surface area contributed by atoms with Gasteiger partial charge in [0.2, 0.25) is 0 Å². The number of benzene rings is 1. The third-order valence-electron chi connectivity index (χ3n) is 5.13. The number of rotatable bonds is 6. The molecule has 0 N–H and O–H groups in total. The van der Waals surface area contributed by atoms with Crippen molar-refractivity contribution in [2.45, 2.75) is 46.6 Å². The normalized spacial score (nSPS) is 23.5. The maximum atomic E-state index is 12.2. The van der Waals surface area contributed by atoms with E-state index in [2.05, 4.69) is 13.8 Å². The Balaban J connectivity index is 1.90. The van der Waals surface area contributed by atoms with Crippen LogP contribution in [0.4, 0.5) is 0 Å². The summed E-state index contributed by atoms with van der Waals surface area (Å²) in [6.45, 7) is 8.45. The highest BCUT2D eigenvalue weighted by Crippen LogP contribution is 2.55. The standard InChI is InChI=1S/C19H26O4/c1-5-22-17(20)12-15-11-16(19(15,3)4)13(2)23-18(21)14-9-7-6-8-10-14/h6-10,13,15-16H,5,11-12H2,1-4H3/t13-,15-,16+/m0/s1. The molecule has 4 heteroatoms. The molecule has 0 unspecified atom stereocenters. The molecule has 0 aromatic heterocycles. The first-order valence-electron chi connectivity index (χ1n) is 8.27. The number of carbonyl (C=O) groups is 2. The fourth-order valence-electron chi connectivity index (χ4n) is 3.51. The molecule has 1 aliphatic rings. The third-order valence-corrected chi connectivity index (χ3v) is 5.13. The maximum Gasteiger partial charge on any atom is 0.338 e. The van der Waals surface area contributed by atoms with E-state index in [-0.39, 0.29) is 35.3 Å². The van der Waals surface area contributed by atoms with Crippen molar-refractivity contribution < 1.29 is 19.1 Å². The first-order valence-corrected chi connectivity index (χ1v) is 8.27. The number of esters is 2. The summed E-state index contributed by atoms with van der Waals surface area (Å²) in [7, 11) is 0. The molecule has 1 aromatic carbocycles. The van der Waals surface area contributed by atoms with Gasteiger partial charge in [-0.25, -0.2) is 4.79 Å². The van der Waals surface area contributed by atoms with E-state index < -0.39 is 0 Å². The average molecular weight is 318 g/mol. The van der Waals surface area contributed by atoms with Crippen LogP contribution in [-0.2, 0) is 14.3 Å². The summed E-state index contributed by atoms with van der Waals surface area (Å²) < 4.78 is 10.7. The Bertz CT molecular complexity index is 550. The second-order valence-electron chi connectivity index (χ2n) is 6.85. The second kappa shape index (κ2) is 7.16. The first kappa shape index (κ1) is 17.5. The van der Waals surface area contributed by atoms with E-state index in [1.54, 1.807) is 12.1 Å². The van der Waals surface area contributed by atoms with Gasteiger partial charge < -0.3 is 9.47 Å². The van der Waals surface area contributed by atoms with Gasteiger partial charge in [0.25, 0.3) is 0 Å². The molecule has 2 rings (SSSR count). The van der Waals surface area contributed by atoms with Crippen molar-refractivity contribution >= 4 is 11.9 Å². The minimum absolute atomic E-state index is 0.0385. The summed E-state index contributed by atoms with van der Waals surface area (Å²) >= 11 is 0. The summed E-state index contributed by atoms with van der Waals surface area (Å²) in [4.78, 5) is 23.8. The molecule has 1 aliphatic carbocycles. The third kappa shape index (κ3) is 3.92. The summed E-state index contributed by atoms with van der Waals surface area (Å²) in [5.74, 6) is 0.111. The van der Waals surface area contributed by atoms with Crippen LogP contribution in [0, 0.1) is 17.3 Å². The van der Waals surface area contributed by atoms with E-state index in [9.17, 15) is 9.59 Å². The molecule has 0 saturated heterocycles. The predicted octanol–water partition coefficient (Wildman–Crippen LogP) is 3.85. The van der Waals surface area contributed by atoms with Gasteiger partial charge in [0.1, 0.15) is 6.10 Å². The van der Waals surface area contributed by atoms with Crippen molar-refractivity contribution in [3.63, 3.8) is 0 Å². The summed E-state index contributed by atoms with van der Waals surface area (Å²) in [5, 5.41) is 0. The van der Waals surface area contributed by atoms with Crippen LogP contribution < -0.4 is 0 Å². The Hall–Kier alpha value is -1.84. The first-order chi connectivity index (χ1) is 10.9.